The molecular formula is C14H22N4O. The molecule has 0 bridgehead atoms. The van der Waals surface area contributed by atoms with E-state index < -0.39 is 0 Å². The van der Waals surface area contributed by atoms with E-state index in [1.165, 1.54) is 44.9 Å². The first-order valence-electron chi connectivity index (χ1n) is 7.72. The number of nitrogens with zero attached hydrogens (tertiary/aromatic N) is 3. The summed E-state index contributed by atoms with van der Waals surface area (Å²) in [6.45, 7) is 1.81. The highest BCUT2D eigenvalue weighted by atomic mass is 16.4. The molecule has 1 aliphatic heterocycles. The van der Waals surface area contributed by atoms with Crippen molar-refractivity contribution >= 4 is 6.01 Å². The Morgan fingerprint density at radius 2 is 2.00 bits per heavy atom. The average molecular weight is 262 g/mol. The Labute approximate surface area is 113 Å². The molecular weight excluding hydrogens is 240 g/mol. The van der Waals surface area contributed by atoms with Crippen molar-refractivity contribution in [1.82, 2.24) is 15.5 Å². The summed E-state index contributed by atoms with van der Waals surface area (Å²) in [5.41, 5.74) is 0. The quantitative estimate of drug-likeness (QED) is 0.900. The molecule has 2 saturated carbocycles. The first-order chi connectivity index (χ1) is 9.40. The predicted molar refractivity (Wildman–Crippen MR) is 71.9 cm³/mol. The minimum atomic E-state index is 0.651. The molecule has 5 heteroatoms. The molecule has 1 saturated heterocycles. The Balaban J connectivity index is 1.43. The number of rotatable bonds is 4. The maximum Gasteiger partial charge on any atom is 0.318 e. The summed E-state index contributed by atoms with van der Waals surface area (Å²) in [5.74, 6) is 1.59. The third-order valence-electron chi connectivity index (χ3n) is 4.83. The molecule has 19 heavy (non-hydrogen) atoms. The van der Waals surface area contributed by atoms with Gasteiger partial charge in [-0.15, -0.1) is 5.10 Å². The third kappa shape index (κ3) is 2.36. The van der Waals surface area contributed by atoms with E-state index in [2.05, 4.69) is 20.4 Å². The van der Waals surface area contributed by atoms with Crippen molar-refractivity contribution in [2.45, 2.75) is 63.6 Å². The van der Waals surface area contributed by atoms with Crippen molar-refractivity contribution in [1.29, 1.82) is 0 Å². The molecule has 2 heterocycles. The summed E-state index contributed by atoms with van der Waals surface area (Å²) in [7, 11) is 0. The molecule has 2 unspecified atom stereocenters. The normalized spacial score (nSPS) is 30.6. The maximum atomic E-state index is 5.84. The van der Waals surface area contributed by atoms with Gasteiger partial charge in [-0.25, -0.2) is 0 Å². The third-order valence-corrected chi connectivity index (χ3v) is 4.83. The van der Waals surface area contributed by atoms with Gasteiger partial charge in [0, 0.05) is 18.6 Å². The number of hydrogen-bond donors (Lipinski definition) is 1. The lowest BCUT2D eigenvalue weighted by Gasteiger charge is -2.30. The van der Waals surface area contributed by atoms with E-state index in [1.807, 2.05) is 0 Å². The molecule has 1 aromatic rings. The summed E-state index contributed by atoms with van der Waals surface area (Å²) < 4.78 is 5.84. The van der Waals surface area contributed by atoms with E-state index in [-0.39, 0.29) is 0 Å². The molecule has 2 aliphatic carbocycles. The van der Waals surface area contributed by atoms with Crippen LogP contribution in [0.2, 0.25) is 0 Å². The summed E-state index contributed by atoms with van der Waals surface area (Å²) in [5, 5.41) is 11.9. The molecule has 104 valence electrons. The van der Waals surface area contributed by atoms with Crippen molar-refractivity contribution in [2.75, 3.05) is 11.4 Å². The number of aromatic nitrogens is 2. The van der Waals surface area contributed by atoms with Gasteiger partial charge >= 0.3 is 6.01 Å². The fraction of sp³-hybridized carbons (Fsp3) is 0.857. The van der Waals surface area contributed by atoms with Gasteiger partial charge in [-0.1, -0.05) is 17.9 Å². The van der Waals surface area contributed by atoms with Crippen LogP contribution >= 0.6 is 0 Å². The molecule has 2 atom stereocenters. The second-order valence-corrected chi connectivity index (χ2v) is 6.23. The highest BCUT2D eigenvalue weighted by molar-refractivity contribution is 5.30. The first-order valence-corrected chi connectivity index (χ1v) is 7.72. The van der Waals surface area contributed by atoms with Crippen LogP contribution < -0.4 is 10.2 Å². The van der Waals surface area contributed by atoms with Crippen LogP contribution in [-0.2, 0) is 6.54 Å². The van der Waals surface area contributed by atoms with Crippen molar-refractivity contribution in [2.24, 2.45) is 5.92 Å². The molecule has 0 spiro atoms. The fourth-order valence-corrected chi connectivity index (χ4v) is 3.59. The second kappa shape index (κ2) is 4.78. The highest BCUT2D eigenvalue weighted by Gasteiger charge is 2.38. The minimum absolute atomic E-state index is 0.651. The van der Waals surface area contributed by atoms with Gasteiger partial charge in [0.25, 0.3) is 0 Å². The maximum absolute atomic E-state index is 5.84. The number of fused-ring (bicyclic) bond motifs is 1. The zero-order valence-electron chi connectivity index (χ0n) is 11.3. The van der Waals surface area contributed by atoms with Crippen LogP contribution in [0.15, 0.2) is 4.42 Å². The van der Waals surface area contributed by atoms with Crippen LogP contribution in [0.4, 0.5) is 6.01 Å². The van der Waals surface area contributed by atoms with Gasteiger partial charge in [-0.3, -0.25) is 0 Å². The van der Waals surface area contributed by atoms with E-state index in [4.69, 9.17) is 4.42 Å². The average Bonchev–Trinajstić information content (AvgIpc) is 3.00. The topological polar surface area (TPSA) is 54.2 Å². The second-order valence-electron chi connectivity index (χ2n) is 6.23. The molecule has 0 amide bonds. The summed E-state index contributed by atoms with van der Waals surface area (Å²) in [6, 6.07) is 2.09. The fourth-order valence-electron chi connectivity index (χ4n) is 3.59. The van der Waals surface area contributed by atoms with Crippen LogP contribution in [0.25, 0.3) is 0 Å². The van der Waals surface area contributed by atoms with Crippen LogP contribution in [0, 0.1) is 5.92 Å². The van der Waals surface area contributed by atoms with Gasteiger partial charge in [0.2, 0.25) is 5.89 Å². The zero-order valence-corrected chi connectivity index (χ0v) is 11.3. The van der Waals surface area contributed by atoms with Gasteiger partial charge < -0.3 is 14.6 Å². The van der Waals surface area contributed by atoms with Crippen LogP contribution in [0.3, 0.4) is 0 Å². The number of anilines is 1. The Morgan fingerprint density at radius 1 is 1.11 bits per heavy atom. The predicted octanol–water partition coefficient (Wildman–Crippen LogP) is 2.09. The largest absolute Gasteiger partial charge is 0.407 e. The number of nitrogens with one attached hydrogen (secondary N) is 1. The van der Waals surface area contributed by atoms with Crippen LogP contribution in [-0.4, -0.2) is 28.8 Å². The monoisotopic (exact) mass is 262 g/mol. The highest BCUT2D eigenvalue weighted by Crippen LogP contribution is 2.38. The van der Waals surface area contributed by atoms with Gasteiger partial charge in [-0.2, -0.15) is 0 Å². The van der Waals surface area contributed by atoms with E-state index in [0.29, 0.717) is 12.1 Å². The zero-order chi connectivity index (χ0) is 12.7. The van der Waals surface area contributed by atoms with E-state index >= 15 is 0 Å². The Morgan fingerprint density at radius 3 is 2.89 bits per heavy atom. The van der Waals surface area contributed by atoms with Crippen LogP contribution in [0.5, 0.6) is 0 Å². The van der Waals surface area contributed by atoms with Crippen LogP contribution in [0.1, 0.15) is 50.8 Å². The van der Waals surface area contributed by atoms with Crippen molar-refractivity contribution in [3.05, 3.63) is 5.89 Å². The standard InChI is InChI=1S/C14H22N4O/c1-2-4-12-10(3-1)7-8-18(12)14-17-16-13(19-14)9-15-11-5-6-11/h10-12,15H,1-9H2. The Kier molecular flexibility index (Phi) is 2.94. The van der Waals surface area contributed by atoms with Gasteiger partial charge in [0.1, 0.15) is 0 Å². The lowest BCUT2D eigenvalue weighted by Crippen LogP contribution is -2.34. The Bertz CT molecular complexity index is 442. The van der Waals surface area contributed by atoms with Crippen molar-refractivity contribution in [3.8, 4) is 0 Å². The number of hydrogen-bond acceptors (Lipinski definition) is 5. The van der Waals surface area contributed by atoms with E-state index in [0.717, 1.165) is 30.9 Å². The van der Waals surface area contributed by atoms with Crippen molar-refractivity contribution < 1.29 is 4.42 Å². The molecule has 0 radical (unpaired) electrons. The lowest BCUT2D eigenvalue weighted by atomic mass is 9.85. The Hall–Kier alpha value is -1.10. The lowest BCUT2D eigenvalue weighted by molar-refractivity contribution is 0.333. The molecule has 1 aromatic heterocycles. The molecule has 5 nitrogen and oxygen atoms in total. The molecule has 4 rings (SSSR count). The first kappa shape index (κ1) is 11.7. The molecule has 1 N–H and O–H groups in total. The van der Waals surface area contributed by atoms with Crippen molar-refractivity contribution in [3.63, 3.8) is 0 Å². The summed E-state index contributed by atoms with van der Waals surface area (Å²) in [6.07, 6.45) is 9.29. The van der Waals surface area contributed by atoms with Gasteiger partial charge in [0.15, 0.2) is 0 Å². The molecule has 3 aliphatic rings. The van der Waals surface area contributed by atoms with Gasteiger partial charge in [-0.05, 0) is 38.0 Å². The summed E-state index contributed by atoms with van der Waals surface area (Å²) in [4.78, 5) is 2.36. The van der Waals surface area contributed by atoms with E-state index in [1.54, 1.807) is 0 Å². The molecule has 0 aromatic carbocycles. The minimum Gasteiger partial charge on any atom is -0.407 e. The molecule has 3 fully saturated rings. The van der Waals surface area contributed by atoms with Gasteiger partial charge in [0.05, 0.1) is 6.54 Å². The smallest absolute Gasteiger partial charge is 0.318 e. The SMILES string of the molecule is C1CCC2C(C1)CCN2c1nnc(CNC2CC2)o1. The summed E-state index contributed by atoms with van der Waals surface area (Å²) >= 11 is 0. The van der Waals surface area contributed by atoms with E-state index in [9.17, 15) is 0 Å².